The Morgan fingerprint density at radius 1 is 1.07 bits per heavy atom. The van der Waals surface area contributed by atoms with Gasteiger partial charge >= 0.3 is 0 Å². The summed E-state index contributed by atoms with van der Waals surface area (Å²) >= 11 is 0. The van der Waals surface area contributed by atoms with Gasteiger partial charge in [-0.3, -0.25) is 14.5 Å². The molecule has 1 N–H and O–H groups in total. The molecule has 2 aromatic carbocycles. The number of carbonyl (C=O) groups is 2. The standard InChI is InChI=1S/C23H24N4O2/c1-4-26-22-19(15(2)25-27(22)18-13-9-6-10-14-18)20(17-11-7-5-8-12-17)21(23(26)29)24-16(3)28/h5-14,20-21H,4H2,1-3H3,(H,24,28)/t20-,21-/m1/s1. The minimum absolute atomic E-state index is 0.124. The van der Waals surface area contributed by atoms with Crippen LogP contribution in [0.15, 0.2) is 60.7 Å². The van der Waals surface area contributed by atoms with Gasteiger partial charge in [-0.1, -0.05) is 48.5 Å². The second-order valence-electron chi connectivity index (χ2n) is 7.22. The zero-order chi connectivity index (χ0) is 20.5. The normalized spacial score (nSPS) is 18.4. The van der Waals surface area contributed by atoms with Gasteiger partial charge in [-0.2, -0.15) is 5.10 Å². The molecule has 0 saturated heterocycles. The number of carbonyl (C=O) groups excluding carboxylic acids is 2. The van der Waals surface area contributed by atoms with Crippen molar-refractivity contribution in [1.29, 1.82) is 0 Å². The van der Waals surface area contributed by atoms with Crippen LogP contribution in [0.25, 0.3) is 5.69 Å². The molecule has 1 aromatic heterocycles. The van der Waals surface area contributed by atoms with Gasteiger partial charge in [0.05, 0.1) is 11.4 Å². The third-order valence-electron chi connectivity index (χ3n) is 5.35. The lowest BCUT2D eigenvalue weighted by atomic mass is 9.81. The maximum absolute atomic E-state index is 13.5. The molecule has 1 aliphatic rings. The number of likely N-dealkylation sites (N-methyl/N-ethyl adjacent to an activating group) is 1. The van der Waals surface area contributed by atoms with Gasteiger partial charge in [-0.15, -0.1) is 0 Å². The van der Waals surface area contributed by atoms with E-state index >= 15 is 0 Å². The summed E-state index contributed by atoms with van der Waals surface area (Å²) in [4.78, 5) is 27.2. The van der Waals surface area contributed by atoms with Crippen LogP contribution >= 0.6 is 0 Å². The van der Waals surface area contributed by atoms with Crippen LogP contribution in [0.5, 0.6) is 0 Å². The number of hydrogen-bond acceptors (Lipinski definition) is 3. The smallest absolute Gasteiger partial charge is 0.251 e. The highest BCUT2D eigenvalue weighted by molar-refractivity contribution is 6.03. The Hall–Kier alpha value is -3.41. The number of para-hydroxylation sites is 1. The Morgan fingerprint density at radius 3 is 2.28 bits per heavy atom. The molecule has 4 rings (SSSR count). The van der Waals surface area contributed by atoms with E-state index in [9.17, 15) is 9.59 Å². The molecule has 0 radical (unpaired) electrons. The number of aryl methyl sites for hydroxylation is 1. The maximum atomic E-state index is 13.5. The molecular weight excluding hydrogens is 364 g/mol. The summed E-state index contributed by atoms with van der Waals surface area (Å²) in [7, 11) is 0. The number of nitrogens with zero attached hydrogens (tertiary/aromatic N) is 3. The predicted molar refractivity (Wildman–Crippen MR) is 112 cm³/mol. The van der Waals surface area contributed by atoms with Crippen molar-refractivity contribution in [3.63, 3.8) is 0 Å². The Labute approximate surface area is 170 Å². The highest BCUT2D eigenvalue weighted by Gasteiger charge is 2.45. The molecule has 2 atom stereocenters. The number of rotatable bonds is 4. The van der Waals surface area contributed by atoms with Gasteiger partial charge in [-0.05, 0) is 31.5 Å². The van der Waals surface area contributed by atoms with Crippen LogP contribution in [0.2, 0.25) is 0 Å². The minimum atomic E-state index is -0.672. The Balaban J connectivity index is 1.99. The summed E-state index contributed by atoms with van der Waals surface area (Å²) in [6.45, 7) is 5.83. The quantitative estimate of drug-likeness (QED) is 0.746. The van der Waals surface area contributed by atoms with Gasteiger partial charge in [0.2, 0.25) is 5.91 Å². The van der Waals surface area contributed by atoms with Gasteiger partial charge in [-0.25, -0.2) is 4.68 Å². The lowest BCUT2D eigenvalue weighted by Gasteiger charge is -2.38. The van der Waals surface area contributed by atoms with Gasteiger partial charge in [0.15, 0.2) is 0 Å². The number of fused-ring (bicyclic) bond motifs is 1. The van der Waals surface area contributed by atoms with Crippen molar-refractivity contribution in [1.82, 2.24) is 15.1 Å². The molecule has 0 bridgehead atoms. The first-order valence-electron chi connectivity index (χ1n) is 9.81. The van der Waals surface area contributed by atoms with E-state index in [1.54, 1.807) is 4.90 Å². The highest BCUT2D eigenvalue weighted by atomic mass is 16.2. The van der Waals surface area contributed by atoms with Crippen LogP contribution in [0.1, 0.15) is 36.6 Å². The zero-order valence-corrected chi connectivity index (χ0v) is 16.8. The SMILES string of the molecule is CCN1C(=O)[C@H](NC(C)=O)[C@H](c2ccccc2)c2c(C)nn(-c3ccccc3)c21. The second-order valence-corrected chi connectivity index (χ2v) is 7.22. The predicted octanol–water partition coefficient (Wildman–Crippen LogP) is 3.18. The van der Waals surface area contributed by atoms with Crippen molar-refractivity contribution in [3.05, 3.63) is 77.5 Å². The van der Waals surface area contributed by atoms with Crippen LogP contribution in [0.3, 0.4) is 0 Å². The van der Waals surface area contributed by atoms with Gasteiger partial charge in [0.1, 0.15) is 11.9 Å². The topological polar surface area (TPSA) is 67.2 Å². The number of aromatic nitrogens is 2. The minimum Gasteiger partial charge on any atom is -0.344 e. The summed E-state index contributed by atoms with van der Waals surface area (Å²) in [5.41, 5.74) is 3.69. The van der Waals surface area contributed by atoms with Gasteiger partial charge < -0.3 is 5.32 Å². The fourth-order valence-corrected chi connectivity index (χ4v) is 4.17. The summed E-state index contributed by atoms with van der Waals surface area (Å²) < 4.78 is 1.84. The number of nitrogens with one attached hydrogen (secondary N) is 1. The van der Waals surface area contributed by atoms with Crippen LogP contribution in [-0.2, 0) is 9.59 Å². The van der Waals surface area contributed by atoms with E-state index < -0.39 is 6.04 Å². The third kappa shape index (κ3) is 3.20. The average Bonchev–Trinajstić information content (AvgIpc) is 3.06. The first kappa shape index (κ1) is 18.9. The largest absolute Gasteiger partial charge is 0.344 e. The fraction of sp³-hybridized carbons (Fsp3) is 0.261. The summed E-state index contributed by atoms with van der Waals surface area (Å²) in [6.07, 6.45) is 0. The van der Waals surface area contributed by atoms with Gasteiger partial charge in [0.25, 0.3) is 5.91 Å². The lowest BCUT2D eigenvalue weighted by Crippen LogP contribution is -2.55. The molecule has 0 aliphatic carbocycles. The van der Waals surface area contributed by atoms with E-state index in [1.165, 1.54) is 6.92 Å². The van der Waals surface area contributed by atoms with Crippen molar-refractivity contribution in [2.75, 3.05) is 11.4 Å². The maximum Gasteiger partial charge on any atom is 0.251 e. The molecule has 0 saturated carbocycles. The molecule has 6 heteroatoms. The van der Waals surface area contributed by atoms with Crippen LogP contribution < -0.4 is 10.2 Å². The Morgan fingerprint density at radius 2 is 1.69 bits per heavy atom. The van der Waals surface area contributed by atoms with E-state index in [4.69, 9.17) is 5.10 Å². The van der Waals surface area contributed by atoms with Crippen molar-refractivity contribution in [2.45, 2.75) is 32.7 Å². The molecular formula is C23H24N4O2. The number of amides is 2. The molecule has 1 aliphatic heterocycles. The zero-order valence-electron chi connectivity index (χ0n) is 16.8. The number of hydrogen-bond donors (Lipinski definition) is 1. The molecule has 2 amide bonds. The Bertz CT molecular complexity index is 1040. The summed E-state index contributed by atoms with van der Waals surface area (Å²) in [5.74, 6) is 0.123. The number of anilines is 1. The lowest BCUT2D eigenvalue weighted by molar-refractivity contribution is -0.127. The number of benzene rings is 2. The molecule has 6 nitrogen and oxygen atoms in total. The highest BCUT2D eigenvalue weighted by Crippen LogP contribution is 2.43. The second kappa shape index (κ2) is 7.54. The molecule has 0 spiro atoms. The van der Waals surface area contributed by atoms with Crippen molar-refractivity contribution in [3.8, 4) is 5.69 Å². The van der Waals surface area contributed by atoms with Crippen molar-refractivity contribution in [2.24, 2.45) is 0 Å². The van der Waals surface area contributed by atoms with E-state index in [0.717, 1.165) is 28.3 Å². The average molecular weight is 388 g/mol. The van der Waals surface area contributed by atoms with E-state index in [-0.39, 0.29) is 17.7 Å². The van der Waals surface area contributed by atoms with Crippen LogP contribution in [-0.4, -0.2) is 34.2 Å². The summed E-state index contributed by atoms with van der Waals surface area (Å²) in [5, 5.41) is 7.69. The molecule has 2 heterocycles. The monoisotopic (exact) mass is 388 g/mol. The molecule has 148 valence electrons. The molecule has 0 fully saturated rings. The first-order chi connectivity index (χ1) is 14.0. The van der Waals surface area contributed by atoms with E-state index in [0.29, 0.717) is 6.54 Å². The third-order valence-corrected chi connectivity index (χ3v) is 5.35. The molecule has 0 unspecified atom stereocenters. The first-order valence-corrected chi connectivity index (χ1v) is 9.81. The van der Waals surface area contributed by atoms with Crippen molar-refractivity contribution >= 4 is 17.6 Å². The van der Waals surface area contributed by atoms with Crippen LogP contribution in [0, 0.1) is 6.92 Å². The van der Waals surface area contributed by atoms with E-state index in [2.05, 4.69) is 5.32 Å². The van der Waals surface area contributed by atoms with Crippen molar-refractivity contribution < 1.29 is 9.59 Å². The van der Waals surface area contributed by atoms with E-state index in [1.807, 2.05) is 79.2 Å². The molecule has 29 heavy (non-hydrogen) atoms. The fourth-order valence-electron chi connectivity index (χ4n) is 4.17. The van der Waals surface area contributed by atoms with Crippen LogP contribution in [0.4, 0.5) is 5.82 Å². The summed E-state index contributed by atoms with van der Waals surface area (Å²) in [6, 6.07) is 19.0. The molecule has 3 aromatic rings. The Kier molecular flexibility index (Phi) is 4.92. The van der Waals surface area contributed by atoms with Gasteiger partial charge in [0, 0.05) is 24.9 Å².